The van der Waals surface area contributed by atoms with Gasteiger partial charge in [-0.15, -0.1) is 0 Å². The Morgan fingerprint density at radius 1 is 1.43 bits per heavy atom. The van der Waals surface area contributed by atoms with Crippen LogP contribution in [0.4, 0.5) is 5.69 Å². The number of nitrogens with zero attached hydrogens (tertiary/aromatic N) is 3. The average molecular weight is 359 g/mol. The lowest BCUT2D eigenvalue weighted by molar-refractivity contribution is -0.385. The first-order valence-electron chi connectivity index (χ1n) is 6.73. The third kappa shape index (κ3) is 4.27. The molecule has 0 aliphatic rings. The third-order valence-electron chi connectivity index (χ3n) is 3.21. The molecule has 0 atom stereocenters. The Hall–Kier alpha value is -1.97. The largest absolute Gasteiger partial charge is 0.275 e. The molecular formula is C13H15ClN4O4S. The number of benzene rings is 1. The van der Waals surface area contributed by atoms with Gasteiger partial charge in [0.25, 0.3) is 5.69 Å². The highest BCUT2D eigenvalue weighted by molar-refractivity contribution is 7.89. The summed E-state index contributed by atoms with van der Waals surface area (Å²) in [6.45, 7) is 2.21. The first kappa shape index (κ1) is 17.4. The molecule has 0 radical (unpaired) electrons. The van der Waals surface area contributed by atoms with Crippen LogP contribution < -0.4 is 4.72 Å². The number of hydrogen-bond acceptors (Lipinski definition) is 5. The maximum atomic E-state index is 12.2. The number of aryl methyl sites for hydroxylation is 1. The summed E-state index contributed by atoms with van der Waals surface area (Å²) in [5, 5.41) is 15.0. The number of nitro groups is 1. The predicted molar refractivity (Wildman–Crippen MR) is 84.9 cm³/mol. The zero-order valence-corrected chi connectivity index (χ0v) is 13.8. The van der Waals surface area contributed by atoms with Crippen LogP contribution >= 0.6 is 11.6 Å². The van der Waals surface area contributed by atoms with Gasteiger partial charge in [0.1, 0.15) is 0 Å². The minimum absolute atomic E-state index is 0.0381. The van der Waals surface area contributed by atoms with Crippen LogP contribution in [0.5, 0.6) is 0 Å². The summed E-state index contributed by atoms with van der Waals surface area (Å²) in [7, 11) is -3.87. The average Bonchev–Trinajstić information content (AvgIpc) is 2.99. The van der Waals surface area contributed by atoms with Crippen LogP contribution in [0.1, 0.15) is 12.0 Å². The number of rotatable bonds is 7. The molecule has 0 saturated heterocycles. The second-order valence-electron chi connectivity index (χ2n) is 4.83. The Balaban J connectivity index is 2.08. The zero-order chi connectivity index (χ0) is 17.0. The second kappa shape index (κ2) is 7.07. The molecular weight excluding hydrogens is 344 g/mol. The van der Waals surface area contributed by atoms with Gasteiger partial charge in [0.05, 0.1) is 14.8 Å². The molecule has 8 nitrogen and oxygen atoms in total. The summed E-state index contributed by atoms with van der Waals surface area (Å²) in [5.41, 5.74) is -0.0938. The van der Waals surface area contributed by atoms with E-state index in [4.69, 9.17) is 11.6 Å². The van der Waals surface area contributed by atoms with Crippen molar-refractivity contribution in [3.05, 3.63) is 51.3 Å². The molecule has 124 valence electrons. The Kier molecular flexibility index (Phi) is 5.34. The van der Waals surface area contributed by atoms with Crippen molar-refractivity contribution in [2.45, 2.75) is 24.8 Å². The van der Waals surface area contributed by atoms with Crippen LogP contribution in [-0.2, 0) is 16.6 Å². The van der Waals surface area contributed by atoms with Gasteiger partial charge < -0.3 is 0 Å². The van der Waals surface area contributed by atoms with Gasteiger partial charge in [-0.3, -0.25) is 14.8 Å². The SMILES string of the molecule is Cc1c(Cl)cc(S(=O)(=O)NCCCn2cccn2)cc1[N+](=O)[O-]. The van der Waals surface area contributed by atoms with Crippen molar-refractivity contribution in [2.24, 2.45) is 0 Å². The Morgan fingerprint density at radius 2 is 2.17 bits per heavy atom. The minimum atomic E-state index is -3.87. The lowest BCUT2D eigenvalue weighted by Crippen LogP contribution is -2.25. The van der Waals surface area contributed by atoms with E-state index in [1.165, 1.54) is 13.0 Å². The Bertz CT molecular complexity index is 806. The summed E-state index contributed by atoms with van der Waals surface area (Å²) in [4.78, 5) is 10.1. The number of hydrogen-bond donors (Lipinski definition) is 1. The molecule has 0 bridgehead atoms. The second-order valence-corrected chi connectivity index (χ2v) is 7.00. The van der Waals surface area contributed by atoms with E-state index in [2.05, 4.69) is 9.82 Å². The van der Waals surface area contributed by atoms with Gasteiger partial charge in [0.15, 0.2) is 0 Å². The van der Waals surface area contributed by atoms with E-state index in [-0.39, 0.29) is 27.7 Å². The van der Waals surface area contributed by atoms with Crippen molar-refractivity contribution in [3.8, 4) is 0 Å². The molecule has 1 aromatic heterocycles. The van der Waals surface area contributed by atoms with E-state index in [1.54, 1.807) is 23.1 Å². The van der Waals surface area contributed by atoms with Crippen molar-refractivity contribution < 1.29 is 13.3 Å². The molecule has 1 heterocycles. The molecule has 23 heavy (non-hydrogen) atoms. The van der Waals surface area contributed by atoms with Crippen LogP contribution in [0.25, 0.3) is 0 Å². The van der Waals surface area contributed by atoms with Gasteiger partial charge in [-0.2, -0.15) is 5.10 Å². The molecule has 0 saturated carbocycles. The van der Waals surface area contributed by atoms with Gasteiger partial charge in [0, 0.05) is 37.1 Å². The summed E-state index contributed by atoms with van der Waals surface area (Å²) >= 11 is 5.89. The molecule has 0 aliphatic heterocycles. The number of sulfonamides is 1. The summed E-state index contributed by atoms with van der Waals surface area (Å²) in [6.07, 6.45) is 3.94. The minimum Gasteiger partial charge on any atom is -0.273 e. The molecule has 0 amide bonds. The van der Waals surface area contributed by atoms with Crippen LogP contribution in [0.15, 0.2) is 35.5 Å². The van der Waals surface area contributed by atoms with Crippen molar-refractivity contribution in [3.63, 3.8) is 0 Å². The molecule has 0 aliphatic carbocycles. The first-order valence-corrected chi connectivity index (χ1v) is 8.59. The van der Waals surface area contributed by atoms with Crippen LogP contribution in [-0.4, -0.2) is 29.7 Å². The Labute approximate surface area is 138 Å². The molecule has 1 aromatic carbocycles. The fourth-order valence-electron chi connectivity index (χ4n) is 1.95. The molecule has 10 heteroatoms. The van der Waals surface area contributed by atoms with Crippen LogP contribution in [0.3, 0.4) is 0 Å². The third-order valence-corrected chi connectivity index (χ3v) is 5.05. The van der Waals surface area contributed by atoms with Crippen molar-refractivity contribution >= 4 is 27.3 Å². The van der Waals surface area contributed by atoms with E-state index >= 15 is 0 Å². The summed E-state index contributed by atoms with van der Waals surface area (Å²) in [5.74, 6) is 0. The molecule has 1 N–H and O–H groups in total. The normalized spacial score (nSPS) is 11.6. The molecule has 0 fully saturated rings. The van der Waals surface area contributed by atoms with Gasteiger partial charge >= 0.3 is 0 Å². The highest BCUT2D eigenvalue weighted by atomic mass is 35.5. The van der Waals surface area contributed by atoms with Crippen molar-refractivity contribution in [1.82, 2.24) is 14.5 Å². The number of nitrogens with one attached hydrogen (secondary N) is 1. The topological polar surface area (TPSA) is 107 Å². The van der Waals surface area contributed by atoms with E-state index in [0.29, 0.717) is 13.0 Å². The predicted octanol–water partition coefficient (Wildman–Crippen LogP) is 2.12. The maximum Gasteiger partial charge on any atom is 0.275 e. The van der Waals surface area contributed by atoms with Crippen molar-refractivity contribution in [2.75, 3.05) is 6.54 Å². The van der Waals surface area contributed by atoms with Gasteiger partial charge in [-0.05, 0) is 25.5 Å². The summed E-state index contributed by atoms with van der Waals surface area (Å²) in [6, 6.07) is 3.99. The highest BCUT2D eigenvalue weighted by Gasteiger charge is 2.22. The fourth-order valence-corrected chi connectivity index (χ4v) is 3.35. The smallest absolute Gasteiger partial charge is 0.273 e. The number of aromatic nitrogens is 2. The molecule has 0 spiro atoms. The standard InChI is InChI=1S/C13H15ClN4O4S/c1-10-12(14)8-11(9-13(10)18(19)20)23(21,22)16-5-3-7-17-6-2-4-15-17/h2,4,6,8-9,16H,3,5,7H2,1H3. The highest BCUT2D eigenvalue weighted by Crippen LogP contribution is 2.29. The van der Waals surface area contributed by atoms with Crippen molar-refractivity contribution in [1.29, 1.82) is 0 Å². The molecule has 0 unspecified atom stereocenters. The maximum absolute atomic E-state index is 12.2. The lowest BCUT2D eigenvalue weighted by atomic mass is 10.2. The van der Waals surface area contributed by atoms with E-state index in [0.717, 1.165) is 6.07 Å². The lowest BCUT2D eigenvalue weighted by Gasteiger charge is -2.09. The van der Waals surface area contributed by atoms with Crippen LogP contribution in [0.2, 0.25) is 5.02 Å². The number of halogens is 1. The van der Waals surface area contributed by atoms with E-state index in [1.807, 2.05) is 0 Å². The quantitative estimate of drug-likeness (QED) is 0.463. The van der Waals surface area contributed by atoms with Gasteiger partial charge in [0.2, 0.25) is 10.0 Å². The van der Waals surface area contributed by atoms with E-state index < -0.39 is 14.9 Å². The molecule has 2 rings (SSSR count). The monoisotopic (exact) mass is 358 g/mol. The van der Waals surface area contributed by atoms with Gasteiger partial charge in [-0.25, -0.2) is 13.1 Å². The van der Waals surface area contributed by atoms with Gasteiger partial charge in [-0.1, -0.05) is 11.6 Å². The van der Waals surface area contributed by atoms with E-state index in [9.17, 15) is 18.5 Å². The van der Waals surface area contributed by atoms with Crippen LogP contribution in [0, 0.1) is 17.0 Å². The Morgan fingerprint density at radius 3 is 2.78 bits per heavy atom. The number of nitro benzene ring substituents is 1. The summed E-state index contributed by atoms with van der Waals surface area (Å²) < 4.78 is 28.5. The zero-order valence-electron chi connectivity index (χ0n) is 12.3. The fraction of sp³-hybridized carbons (Fsp3) is 0.308. The molecule has 2 aromatic rings. The first-order chi connectivity index (χ1) is 10.8.